The van der Waals surface area contributed by atoms with Crippen LogP contribution in [0.5, 0.6) is 0 Å². The molecular weight excluding hydrogens is 296 g/mol. The summed E-state index contributed by atoms with van der Waals surface area (Å²) < 4.78 is 0. The molecule has 1 aromatic rings. The van der Waals surface area contributed by atoms with Crippen molar-refractivity contribution in [2.45, 2.75) is 53.4 Å². The zero-order valence-corrected chi connectivity index (χ0v) is 15.9. The van der Waals surface area contributed by atoms with Gasteiger partial charge in [0.05, 0.1) is 18.1 Å². The quantitative estimate of drug-likeness (QED) is 0.827. The van der Waals surface area contributed by atoms with Crippen LogP contribution in [0.25, 0.3) is 0 Å². The predicted molar refractivity (Wildman–Crippen MR) is 102 cm³/mol. The van der Waals surface area contributed by atoms with Crippen molar-refractivity contribution in [2.24, 2.45) is 23.7 Å². The van der Waals surface area contributed by atoms with Gasteiger partial charge in [0.25, 0.3) is 0 Å². The molecule has 0 spiro atoms. The molecule has 134 valence electrons. The Hall–Kier alpha value is -1.32. The normalized spacial score (nSPS) is 21.1. The maximum absolute atomic E-state index is 4.67. The second-order valence-electron chi connectivity index (χ2n) is 8.38. The lowest BCUT2D eigenvalue weighted by molar-refractivity contribution is 0.309. The highest BCUT2D eigenvalue weighted by Crippen LogP contribution is 2.29. The van der Waals surface area contributed by atoms with E-state index in [2.05, 4.69) is 47.5 Å². The molecular formula is C20H34N4. The molecule has 2 saturated heterocycles. The van der Waals surface area contributed by atoms with Crippen molar-refractivity contribution in [2.75, 3.05) is 36.0 Å². The van der Waals surface area contributed by atoms with Crippen LogP contribution >= 0.6 is 0 Å². The van der Waals surface area contributed by atoms with Crippen molar-refractivity contribution in [3.8, 4) is 0 Å². The van der Waals surface area contributed by atoms with Crippen LogP contribution < -0.4 is 9.80 Å². The highest BCUT2D eigenvalue weighted by Gasteiger charge is 2.24. The number of rotatable bonds is 4. The summed E-state index contributed by atoms with van der Waals surface area (Å²) in [4.78, 5) is 14.2. The van der Waals surface area contributed by atoms with Crippen LogP contribution in [0.1, 0.15) is 53.4 Å². The molecule has 0 bridgehead atoms. The smallest absolute Gasteiger partial charge is 0.225 e. The van der Waals surface area contributed by atoms with Crippen molar-refractivity contribution < 1.29 is 0 Å². The van der Waals surface area contributed by atoms with Crippen molar-refractivity contribution >= 4 is 11.6 Å². The number of hydrogen-bond acceptors (Lipinski definition) is 4. The van der Waals surface area contributed by atoms with Gasteiger partial charge in [-0.3, -0.25) is 0 Å². The molecule has 0 saturated carbocycles. The fourth-order valence-electron chi connectivity index (χ4n) is 4.23. The first-order valence-corrected chi connectivity index (χ1v) is 9.86. The van der Waals surface area contributed by atoms with Crippen molar-refractivity contribution in [1.82, 2.24) is 9.97 Å². The first-order valence-electron chi connectivity index (χ1n) is 9.86. The summed E-state index contributed by atoms with van der Waals surface area (Å²) in [5, 5.41) is 0. The van der Waals surface area contributed by atoms with Crippen molar-refractivity contribution in [1.29, 1.82) is 0 Å². The number of piperidine rings is 2. The Morgan fingerprint density at radius 3 is 1.58 bits per heavy atom. The summed E-state index contributed by atoms with van der Waals surface area (Å²) in [6.45, 7) is 13.9. The minimum absolute atomic E-state index is 0.796. The first-order chi connectivity index (χ1) is 11.5. The first kappa shape index (κ1) is 17.5. The van der Waals surface area contributed by atoms with E-state index in [0.29, 0.717) is 0 Å². The average Bonchev–Trinajstić information content (AvgIpc) is 2.62. The second kappa shape index (κ2) is 7.71. The second-order valence-corrected chi connectivity index (χ2v) is 8.38. The minimum atomic E-state index is 0.796. The Morgan fingerprint density at radius 1 is 0.750 bits per heavy atom. The number of anilines is 2. The molecule has 0 amide bonds. The third-order valence-corrected chi connectivity index (χ3v) is 6.24. The number of aromatic nitrogens is 2. The summed E-state index contributed by atoms with van der Waals surface area (Å²) >= 11 is 0. The van der Waals surface area contributed by atoms with Gasteiger partial charge in [-0.05, 0) is 49.4 Å². The zero-order chi connectivity index (χ0) is 17.1. The van der Waals surface area contributed by atoms with Crippen LogP contribution in [0, 0.1) is 23.7 Å². The third kappa shape index (κ3) is 4.01. The van der Waals surface area contributed by atoms with Crippen molar-refractivity contribution in [3.63, 3.8) is 0 Å². The lowest BCUT2D eigenvalue weighted by Crippen LogP contribution is -2.37. The van der Waals surface area contributed by atoms with Crippen LogP contribution in [0.4, 0.5) is 11.6 Å². The minimum Gasteiger partial charge on any atom is -0.369 e. The van der Waals surface area contributed by atoms with Gasteiger partial charge in [0, 0.05) is 26.2 Å². The lowest BCUT2D eigenvalue weighted by Gasteiger charge is -2.36. The van der Waals surface area contributed by atoms with Gasteiger partial charge in [0.2, 0.25) is 5.95 Å². The van der Waals surface area contributed by atoms with Crippen LogP contribution in [-0.4, -0.2) is 36.1 Å². The average molecular weight is 331 g/mol. The maximum atomic E-state index is 4.67. The standard InChI is InChI=1S/C20H34N4/c1-15(2)17-5-9-23(10-6-17)19-13-21-20(22-14-19)24-11-7-18(8-12-24)16(3)4/h13-18H,5-12H2,1-4H3. The van der Waals surface area contributed by atoms with Gasteiger partial charge in [-0.15, -0.1) is 0 Å². The molecule has 3 rings (SSSR count). The molecule has 1 aromatic heterocycles. The van der Waals surface area contributed by atoms with Gasteiger partial charge < -0.3 is 9.80 Å². The van der Waals surface area contributed by atoms with Crippen molar-refractivity contribution in [3.05, 3.63) is 12.4 Å². The Bertz CT molecular complexity index is 448. The van der Waals surface area contributed by atoms with Gasteiger partial charge in [-0.2, -0.15) is 0 Å². The molecule has 2 aliphatic heterocycles. The third-order valence-electron chi connectivity index (χ3n) is 6.24. The van der Waals surface area contributed by atoms with Crippen LogP contribution in [0.3, 0.4) is 0 Å². The molecule has 0 aromatic carbocycles. The van der Waals surface area contributed by atoms with E-state index in [9.17, 15) is 0 Å². The highest BCUT2D eigenvalue weighted by molar-refractivity contribution is 5.45. The molecule has 4 heteroatoms. The van der Waals surface area contributed by atoms with E-state index in [-0.39, 0.29) is 0 Å². The molecule has 3 heterocycles. The Kier molecular flexibility index (Phi) is 5.62. The molecule has 2 fully saturated rings. The molecule has 0 radical (unpaired) electrons. The summed E-state index contributed by atoms with van der Waals surface area (Å²) in [6, 6.07) is 0. The van der Waals surface area contributed by atoms with E-state index in [0.717, 1.165) is 55.8 Å². The monoisotopic (exact) mass is 330 g/mol. The number of hydrogen-bond donors (Lipinski definition) is 0. The van der Waals surface area contributed by atoms with Crippen LogP contribution in [0.15, 0.2) is 12.4 Å². The van der Waals surface area contributed by atoms with Gasteiger partial charge in [0.15, 0.2) is 0 Å². The fraction of sp³-hybridized carbons (Fsp3) is 0.800. The largest absolute Gasteiger partial charge is 0.369 e. The van der Waals surface area contributed by atoms with E-state index in [1.54, 1.807) is 0 Å². The Balaban J connectivity index is 1.55. The maximum Gasteiger partial charge on any atom is 0.225 e. The van der Waals surface area contributed by atoms with E-state index in [1.807, 2.05) is 12.4 Å². The number of nitrogens with zero attached hydrogens (tertiary/aromatic N) is 4. The van der Waals surface area contributed by atoms with E-state index in [4.69, 9.17) is 0 Å². The van der Waals surface area contributed by atoms with E-state index < -0.39 is 0 Å². The summed E-state index contributed by atoms with van der Waals surface area (Å²) in [6.07, 6.45) is 9.19. The lowest BCUT2D eigenvalue weighted by atomic mass is 9.86. The summed E-state index contributed by atoms with van der Waals surface area (Å²) in [5.41, 5.74) is 1.19. The fourth-order valence-corrected chi connectivity index (χ4v) is 4.23. The van der Waals surface area contributed by atoms with Gasteiger partial charge in [-0.25, -0.2) is 9.97 Å². The van der Waals surface area contributed by atoms with Crippen LogP contribution in [0.2, 0.25) is 0 Å². The molecule has 4 nitrogen and oxygen atoms in total. The molecule has 0 N–H and O–H groups in total. The van der Waals surface area contributed by atoms with E-state index >= 15 is 0 Å². The van der Waals surface area contributed by atoms with Gasteiger partial charge in [0.1, 0.15) is 0 Å². The Morgan fingerprint density at radius 2 is 1.17 bits per heavy atom. The topological polar surface area (TPSA) is 32.3 Å². The molecule has 0 unspecified atom stereocenters. The van der Waals surface area contributed by atoms with Gasteiger partial charge in [-0.1, -0.05) is 27.7 Å². The molecule has 2 aliphatic rings. The summed E-state index contributed by atoms with van der Waals surface area (Å²) in [5.74, 6) is 4.26. The zero-order valence-electron chi connectivity index (χ0n) is 15.9. The highest BCUT2D eigenvalue weighted by atomic mass is 15.3. The molecule has 0 atom stereocenters. The molecule has 0 aliphatic carbocycles. The summed E-state index contributed by atoms with van der Waals surface area (Å²) in [7, 11) is 0. The SMILES string of the molecule is CC(C)C1CCN(c2cnc(N3CCC(C(C)C)CC3)nc2)CC1. The Labute approximate surface area is 147 Å². The molecule has 24 heavy (non-hydrogen) atoms. The predicted octanol–water partition coefficient (Wildman–Crippen LogP) is 4.22. The van der Waals surface area contributed by atoms with Gasteiger partial charge >= 0.3 is 0 Å². The van der Waals surface area contributed by atoms with E-state index in [1.165, 1.54) is 31.4 Å². The van der Waals surface area contributed by atoms with Crippen LogP contribution in [-0.2, 0) is 0 Å².